The van der Waals surface area contributed by atoms with E-state index in [9.17, 15) is 5.11 Å². The minimum Gasteiger partial charge on any atom is -0.393 e. The zero-order chi connectivity index (χ0) is 13.8. The molecule has 0 atom stereocenters. The van der Waals surface area contributed by atoms with Crippen LogP contribution in [0.4, 0.5) is 0 Å². The molecule has 6 nitrogen and oxygen atoms in total. The van der Waals surface area contributed by atoms with Gasteiger partial charge in [-0.15, -0.1) is 5.10 Å². The highest BCUT2D eigenvalue weighted by Crippen LogP contribution is 2.12. The van der Waals surface area contributed by atoms with Gasteiger partial charge in [0.05, 0.1) is 24.5 Å². The number of piperidine rings is 1. The molecule has 20 heavy (non-hydrogen) atoms. The van der Waals surface area contributed by atoms with Gasteiger partial charge in [-0.3, -0.25) is 9.88 Å². The maximum atomic E-state index is 9.50. The number of hydrogen-bond acceptors (Lipinski definition) is 5. The van der Waals surface area contributed by atoms with Crippen LogP contribution in [0.15, 0.2) is 30.7 Å². The largest absolute Gasteiger partial charge is 0.393 e. The standard InChI is InChI=1S/C14H19N5O/c20-14-3-6-18(7-4-14)10-13-11-19(17-16-13)9-12-2-1-5-15-8-12/h1-2,5,8,11,14,20H,3-4,6-7,9-10H2. The topological polar surface area (TPSA) is 67.1 Å². The van der Waals surface area contributed by atoms with Crippen molar-refractivity contribution in [2.24, 2.45) is 0 Å². The lowest BCUT2D eigenvalue weighted by molar-refractivity contribution is 0.0786. The summed E-state index contributed by atoms with van der Waals surface area (Å²) in [5.74, 6) is 0. The van der Waals surface area contributed by atoms with Crippen molar-refractivity contribution >= 4 is 0 Å². The maximum absolute atomic E-state index is 9.50. The molecule has 3 heterocycles. The summed E-state index contributed by atoms with van der Waals surface area (Å²) in [5.41, 5.74) is 2.09. The van der Waals surface area contributed by atoms with Crippen LogP contribution in [0.25, 0.3) is 0 Å². The Labute approximate surface area is 118 Å². The van der Waals surface area contributed by atoms with Crippen LogP contribution < -0.4 is 0 Å². The number of aliphatic hydroxyl groups is 1. The summed E-state index contributed by atoms with van der Waals surface area (Å²) in [4.78, 5) is 6.41. The summed E-state index contributed by atoms with van der Waals surface area (Å²) in [6.07, 6.45) is 7.16. The average Bonchev–Trinajstić information content (AvgIpc) is 2.90. The first-order valence-electron chi connectivity index (χ1n) is 6.98. The van der Waals surface area contributed by atoms with Crippen molar-refractivity contribution in [3.63, 3.8) is 0 Å². The van der Waals surface area contributed by atoms with E-state index in [4.69, 9.17) is 0 Å². The number of likely N-dealkylation sites (tertiary alicyclic amines) is 1. The first-order chi connectivity index (χ1) is 9.79. The maximum Gasteiger partial charge on any atom is 0.0967 e. The van der Waals surface area contributed by atoms with Crippen molar-refractivity contribution in [3.05, 3.63) is 42.0 Å². The molecule has 1 saturated heterocycles. The van der Waals surface area contributed by atoms with Gasteiger partial charge in [-0.2, -0.15) is 0 Å². The lowest BCUT2D eigenvalue weighted by Gasteiger charge is -2.28. The van der Waals surface area contributed by atoms with Gasteiger partial charge in [0.2, 0.25) is 0 Å². The second kappa shape index (κ2) is 6.11. The van der Waals surface area contributed by atoms with Crippen LogP contribution in [-0.4, -0.2) is 49.2 Å². The van der Waals surface area contributed by atoms with E-state index in [2.05, 4.69) is 20.2 Å². The predicted octanol–water partition coefficient (Wildman–Crippen LogP) is 0.678. The average molecular weight is 273 g/mol. The third-order valence-electron chi connectivity index (χ3n) is 3.60. The number of hydrogen-bond donors (Lipinski definition) is 1. The second-order valence-corrected chi connectivity index (χ2v) is 5.28. The van der Waals surface area contributed by atoms with E-state index in [0.29, 0.717) is 6.54 Å². The molecule has 0 radical (unpaired) electrons. The van der Waals surface area contributed by atoms with Crippen molar-refractivity contribution in [2.45, 2.75) is 32.0 Å². The van der Waals surface area contributed by atoms with Crippen molar-refractivity contribution in [1.29, 1.82) is 0 Å². The zero-order valence-electron chi connectivity index (χ0n) is 11.4. The van der Waals surface area contributed by atoms with Crippen LogP contribution in [0, 0.1) is 0 Å². The highest BCUT2D eigenvalue weighted by atomic mass is 16.3. The van der Waals surface area contributed by atoms with Gasteiger partial charge in [0.1, 0.15) is 0 Å². The third kappa shape index (κ3) is 3.40. The van der Waals surface area contributed by atoms with Crippen molar-refractivity contribution in [2.75, 3.05) is 13.1 Å². The molecular weight excluding hydrogens is 254 g/mol. The lowest BCUT2D eigenvalue weighted by Crippen LogP contribution is -2.35. The van der Waals surface area contributed by atoms with E-state index < -0.39 is 0 Å². The SMILES string of the molecule is OC1CCN(Cc2cn(Cc3cccnc3)nn2)CC1. The van der Waals surface area contributed by atoms with Gasteiger partial charge in [-0.1, -0.05) is 11.3 Å². The molecule has 6 heteroatoms. The molecule has 106 valence electrons. The normalized spacial score (nSPS) is 17.4. The number of pyridine rings is 1. The fraction of sp³-hybridized carbons (Fsp3) is 0.500. The summed E-state index contributed by atoms with van der Waals surface area (Å²) >= 11 is 0. The van der Waals surface area contributed by atoms with Gasteiger partial charge in [0, 0.05) is 32.0 Å². The van der Waals surface area contributed by atoms with Gasteiger partial charge < -0.3 is 5.11 Å². The summed E-state index contributed by atoms with van der Waals surface area (Å²) in [6.45, 7) is 3.35. The number of rotatable bonds is 4. The molecule has 0 aliphatic carbocycles. The van der Waals surface area contributed by atoms with Crippen LogP contribution in [0.3, 0.4) is 0 Å². The molecule has 0 amide bonds. The van der Waals surface area contributed by atoms with Crippen LogP contribution in [0.1, 0.15) is 24.1 Å². The fourth-order valence-corrected chi connectivity index (χ4v) is 2.47. The molecule has 0 aromatic carbocycles. The van der Waals surface area contributed by atoms with Gasteiger partial charge >= 0.3 is 0 Å². The Kier molecular flexibility index (Phi) is 4.03. The molecule has 3 rings (SSSR count). The number of aromatic nitrogens is 4. The highest BCUT2D eigenvalue weighted by Gasteiger charge is 2.17. The molecule has 1 aliphatic heterocycles. The summed E-state index contributed by atoms with van der Waals surface area (Å²) in [6, 6.07) is 3.95. The molecule has 2 aromatic rings. The van der Waals surface area contributed by atoms with Crippen LogP contribution in [0.2, 0.25) is 0 Å². The lowest BCUT2D eigenvalue weighted by atomic mass is 10.1. The van der Waals surface area contributed by atoms with Crippen LogP contribution in [0.5, 0.6) is 0 Å². The monoisotopic (exact) mass is 273 g/mol. The van der Waals surface area contributed by atoms with Crippen LogP contribution >= 0.6 is 0 Å². The molecule has 1 N–H and O–H groups in total. The Balaban J connectivity index is 1.57. The highest BCUT2D eigenvalue weighted by molar-refractivity contribution is 5.09. The molecule has 1 fully saturated rings. The fourth-order valence-electron chi connectivity index (χ4n) is 2.47. The Hall–Kier alpha value is -1.79. The Bertz CT molecular complexity index is 534. The first-order valence-corrected chi connectivity index (χ1v) is 6.98. The molecule has 0 saturated carbocycles. The van der Waals surface area contributed by atoms with Crippen molar-refractivity contribution in [3.8, 4) is 0 Å². The Morgan fingerprint density at radius 2 is 2.10 bits per heavy atom. The van der Waals surface area contributed by atoms with Gasteiger partial charge in [0.15, 0.2) is 0 Å². The smallest absolute Gasteiger partial charge is 0.0967 e. The van der Waals surface area contributed by atoms with E-state index in [-0.39, 0.29) is 6.10 Å². The minimum atomic E-state index is -0.132. The molecule has 0 bridgehead atoms. The van der Waals surface area contributed by atoms with Gasteiger partial charge in [-0.25, -0.2) is 4.68 Å². The summed E-state index contributed by atoms with van der Waals surface area (Å²) in [7, 11) is 0. The second-order valence-electron chi connectivity index (χ2n) is 5.28. The third-order valence-corrected chi connectivity index (χ3v) is 3.60. The molecule has 0 spiro atoms. The Morgan fingerprint density at radius 3 is 2.85 bits per heavy atom. The van der Waals surface area contributed by atoms with Crippen molar-refractivity contribution in [1.82, 2.24) is 24.9 Å². The molecule has 0 unspecified atom stereocenters. The zero-order valence-corrected chi connectivity index (χ0v) is 11.4. The van der Waals surface area contributed by atoms with Gasteiger partial charge in [-0.05, 0) is 24.5 Å². The van der Waals surface area contributed by atoms with E-state index in [1.807, 2.05) is 29.2 Å². The van der Waals surface area contributed by atoms with E-state index >= 15 is 0 Å². The summed E-state index contributed by atoms with van der Waals surface area (Å²) < 4.78 is 1.84. The molecule has 1 aliphatic rings. The molecule has 2 aromatic heterocycles. The van der Waals surface area contributed by atoms with E-state index in [0.717, 1.165) is 43.7 Å². The predicted molar refractivity (Wildman–Crippen MR) is 73.9 cm³/mol. The summed E-state index contributed by atoms with van der Waals surface area (Å²) in [5, 5.41) is 17.9. The van der Waals surface area contributed by atoms with Gasteiger partial charge in [0.25, 0.3) is 0 Å². The molecular formula is C14H19N5O. The van der Waals surface area contributed by atoms with E-state index in [1.54, 1.807) is 6.20 Å². The minimum absolute atomic E-state index is 0.132. The number of aliphatic hydroxyl groups excluding tert-OH is 1. The first kappa shape index (κ1) is 13.2. The number of nitrogens with zero attached hydrogens (tertiary/aromatic N) is 5. The quantitative estimate of drug-likeness (QED) is 0.887. The van der Waals surface area contributed by atoms with E-state index in [1.165, 1.54) is 0 Å². The van der Waals surface area contributed by atoms with Crippen molar-refractivity contribution < 1.29 is 5.11 Å². The van der Waals surface area contributed by atoms with Crippen LogP contribution in [-0.2, 0) is 13.1 Å². The Morgan fingerprint density at radius 1 is 1.25 bits per heavy atom.